The standard InChI is InChI=1S/C16H20N4O2/c1-11-8-12(2)10-13(9-11)22-7-6-20(3)16(21)14-15(17)19-5-4-18-14/h4-5,8-10H,6-7H2,1-3H3,(H2,17,19). The number of hydrogen-bond donors (Lipinski definition) is 1. The summed E-state index contributed by atoms with van der Waals surface area (Å²) < 4.78 is 5.69. The molecule has 0 aliphatic carbocycles. The average Bonchev–Trinajstić information content (AvgIpc) is 2.46. The lowest BCUT2D eigenvalue weighted by atomic mass is 10.1. The van der Waals surface area contributed by atoms with E-state index in [1.807, 2.05) is 26.0 Å². The number of carbonyl (C=O) groups excluding carboxylic acids is 1. The van der Waals surface area contributed by atoms with Crippen molar-refractivity contribution in [2.45, 2.75) is 13.8 Å². The molecule has 22 heavy (non-hydrogen) atoms. The van der Waals surface area contributed by atoms with Gasteiger partial charge in [0.25, 0.3) is 5.91 Å². The molecule has 0 aliphatic rings. The fourth-order valence-electron chi connectivity index (χ4n) is 2.11. The molecule has 0 unspecified atom stereocenters. The lowest BCUT2D eigenvalue weighted by molar-refractivity contribution is 0.0768. The van der Waals surface area contributed by atoms with E-state index in [0.717, 1.165) is 16.9 Å². The Hall–Kier alpha value is -2.63. The number of hydrogen-bond acceptors (Lipinski definition) is 5. The molecule has 1 heterocycles. The minimum atomic E-state index is -0.269. The van der Waals surface area contributed by atoms with Crippen molar-refractivity contribution < 1.29 is 9.53 Å². The Balaban J connectivity index is 1.91. The topological polar surface area (TPSA) is 81.3 Å². The first-order valence-corrected chi connectivity index (χ1v) is 7.00. The maximum absolute atomic E-state index is 12.2. The van der Waals surface area contributed by atoms with Gasteiger partial charge in [-0.1, -0.05) is 6.07 Å². The van der Waals surface area contributed by atoms with E-state index in [-0.39, 0.29) is 17.4 Å². The Morgan fingerprint density at radius 2 is 1.82 bits per heavy atom. The summed E-state index contributed by atoms with van der Waals surface area (Å²) in [7, 11) is 1.68. The van der Waals surface area contributed by atoms with Gasteiger partial charge in [0.2, 0.25) is 0 Å². The summed E-state index contributed by atoms with van der Waals surface area (Å²) >= 11 is 0. The highest BCUT2D eigenvalue weighted by atomic mass is 16.5. The summed E-state index contributed by atoms with van der Waals surface area (Å²) in [5.74, 6) is 0.668. The minimum Gasteiger partial charge on any atom is -0.492 e. The fraction of sp³-hybridized carbons (Fsp3) is 0.312. The average molecular weight is 300 g/mol. The number of nitrogen functional groups attached to an aromatic ring is 1. The van der Waals surface area contributed by atoms with Crippen molar-refractivity contribution in [3.63, 3.8) is 0 Å². The molecule has 0 aliphatic heterocycles. The van der Waals surface area contributed by atoms with Crippen LogP contribution >= 0.6 is 0 Å². The van der Waals surface area contributed by atoms with Crippen LogP contribution < -0.4 is 10.5 Å². The third-order valence-electron chi connectivity index (χ3n) is 3.17. The maximum Gasteiger partial charge on any atom is 0.276 e. The molecule has 1 aromatic carbocycles. The van der Waals surface area contributed by atoms with Crippen molar-refractivity contribution in [2.75, 3.05) is 25.9 Å². The number of carbonyl (C=O) groups is 1. The predicted molar refractivity (Wildman–Crippen MR) is 84.8 cm³/mol. The number of anilines is 1. The molecule has 0 radical (unpaired) electrons. The van der Waals surface area contributed by atoms with E-state index in [4.69, 9.17) is 10.5 Å². The van der Waals surface area contributed by atoms with Gasteiger partial charge < -0.3 is 15.4 Å². The van der Waals surface area contributed by atoms with Crippen LogP contribution in [0, 0.1) is 13.8 Å². The van der Waals surface area contributed by atoms with Gasteiger partial charge >= 0.3 is 0 Å². The largest absolute Gasteiger partial charge is 0.492 e. The smallest absolute Gasteiger partial charge is 0.276 e. The second kappa shape index (κ2) is 6.89. The van der Waals surface area contributed by atoms with Crippen molar-refractivity contribution in [2.24, 2.45) is 0 Å². The van der Waals surface area contributed by atoms with E-state index >= 15 is 0 Å². The molecular weight excluding hydrogens is 280 g/mol. The number of nitrogens with two attached hydrogens (primary N) is 1. The van der Waals surface area contributed by atoms with Gasteiger partial charge in [0.15, 0.2) is 11.5 Å². The molecule has 1 aromatic heterocycles. The Morgan fingerprint density at radius 3 is 2.45 bits per heavy atom. The lowest BCUT2D eigenvalue weighted by Crippen LogP contribution is -2.32. The van der Waals surface area contributed by atoms with Crippen LogP contribution in [0.3, 0.4) is 0 Å². The summed E-state index contributed by atoms with van der Waals surface area (Å²) in [6, 6.07) is 6.02. The monoisotopic (exact) mass is 300 g/mol. The SMILES string of the molecule is Cc1cc(C)cc(OCCN(C)C(=O)c2nccnc2N)c1. The molecule has 0 bridgehead atoms. The number of nitrogens with zero attached hydrogens (tertiary/aromatic N) is 3. The van der Waals surface area contributed by atoms with Gasteiger partial charge in [0.1, 0.15) is 12.4 Å². The molecule has 0 saturated heterocycles. The van der Waals surface area contributed by atoms with Crippen molar-refractivity contribution in [3.8, 4) is 5.75 Å². The first kappa shape index (κ1) is 15.8. The highest BCUT2D eigenvalue weighted by molar-refractivity contribution is 5.96. The summed E-state index contributed by atoms with van der Waals surface area (Å²) in [5.41, 5.74) is 8.11. The first-order valence-electron chi connectivity index (χ1n) is 7.00. The molecule has 0 saturated carbocycles. The molecule has 6 heteroatoms. The summed E-state index contributed by atoms with van der Waals surface area (Å²) in [6.45, 7) is 4.87. The predicted octanol–water partition coefficient (Wildman–Crippen LogP) is 1.83. The molecule has 6 nitrogen and oxygen atoms in total. The van der Waals surface area contributed by atoms with Crippen LogP contribution in [0.15, 0.2) is 30.6 Å². The third-order valence-corrected chi connectivity index (χ3v) is 3.17. The summed E-state index contributed by atoms with van der Waals surface area (Å²) in [5, 5.41) is 0. The Kier molecular flexibility index (Phi) is 4.93. The quantitative estimate of drug-likeness (QED) is 0.911. The Bertz CT molecular complexity index is 653. The van der Waals surface area contributed by atoms with Crippen molar-refractivity contribution in [1.82, 2.24) is 14.9 Å². The molecule has 0 atom stereocenters. The molecule has 2 aromatic rings. The van der Waals surface area contributed by atoms with Crippen LogP contribution in [0.1, 0.15) is 21.6 Å². The van der Waals surface area contributed by atoms with Gasteiger partial charge in [0.05, 0.1) is 6.54 Å². The molecular formula is C16H20N4O2. The van der Waals surface area contributed by atoms with E-state index in [1.54, 1.807) is 7.05 Å². The van der Waals surface area contributed by atoms with Crippen LogP contribution in [0.2, 0.25) is 0 Å². The summed E-state index contributed by atoms with van der Waals surface area (Å²) in [6.07, 6.45) is 2.90. The van der Waals surface area contributed by atoms with Gasteiger partial charge in [0, 0.05) is 19.4 Å². The molecule has 2 rings (SSSR count). The van der Waals surface area contributed by atoms with E-state index in [2.05, 4.69) is 16.0 Å². The fourth-order valence-corrected chi connectivity index (χ4v) is 2.11. The van der Waals surface area contributed by atoms with Crippen LogP contribution in [0.5, 0.6) is 5.75 Å². The summed E-state index contributed by atoms with van der Waals surface area (Å²) in [4.78, 5) is 21.6. The van der Waals surface area contributed by atoms with Gasteiger partial charge in [-0.3, -0.25) is 4.79 Å². The van der Waals surface area contributed by atoms with E-state index in [1.165, 1.54) is 17.3 Å². The second-order valence-electron chi connectivity index (χ2n) is 5.19. The van der Waals surface area contributed by atoms with Gasteiger partial charge in [-0.25, -0.2) is 9.97 Å². The number of ether oxygens (including phenoxy) is 1. The lowest BCUT2D eigenvalue weighted by Gasteiger charge is -2.17. The second-order valence-corrected chi connectivity index (χ2v) is 5.19. The highest BCUT2D eigenvalue weighted by Crippen LogP contribution is 2.16. The van der Waals surface area contributed by atoms with Gasteiger partial charge in [-0.15, -0.1) is 0 Å². The molecule has 116 valence electrons. The zero-order chi connectivity index (χ0) is 16.1. The van der Waals surface area contributed by atoms with E-state index < -0.39 is 0 Å². The number of aromatic nitrogens is 2. The minimum absolute atomic E-state index is 0.134. The third kappa shape index (κ3) is 3.94. The van der Waals surface area contributed by atoms with Crippen LogP contribution in [0.4, 0.5) is 5.82 Å². The zero-order valence-electron chi connectivity index (χ0n) is 13.0. The number of amides is 1. The Morgan fingerprint density at radius 1 is 1.18 bits per heavy atom. The number of likely N-dealkylation sites (N-methyl/N-ethyl adjacent to an activating group) is 1. The number of aryl methyl sites for hydroxylation is 2. The van der Waals surface area contributed by atoms with E-state index in [0.29, 0.717) is 13.2 Å². The normalized spacial score (nSPS) is 10.3. The van der Waals surface area contributed by atoms with E-state index in [9.17, 15) is 4.79 Å². The van der Waals surface area contributed by atoms with Crippen molar-refractivity contribution in [1.29, 1.82) is 0 Å². The van der Waals surface area contributed by atoms with Crippen molar-refractivity contribution >= 4 is 11.7 Å². The van der Waals surface area contributed by atoms with Crippen LogP contribution in [-0.4, -0.2) is 41.0 Å². The zero-order valence-corrected chi connectivity index (χ0v) is 13.0. The highest BCUT2D eigenvalue weighted by Gasteiger charge is 2.16. The molecule has 1 amide bonds. The molecule has 0 fully saturated rings. The molecule has 2 N–H and O–H groups in total. The first-order chi connectivity index (χ1) is 10.5. The van der Waals surface area contributed by atoms with Crippen LogP contribution in [0.25, 0.3) is 0 Å². The number of rotatable bonds is 5. The van der Waals surface area contributed by atoms with Crippen LogP contribution in [-0.2, 0) is 0 Å². The Labute approximate surface area is 129 Å². The molecule has 0 spiro atoms. The van der Waals surface area contributed by atoms with Gasteiger partial charge in [-0.2, -0.15) is 0 Å². The van der Waals surface area contributed by atoms with Gasteiger partial charge in [-0.05, 0) is 37.1 Å². The number of benzene rings is 1. The van der Waals surface area contributed by atoms with Crippen molar-refractivity contribution in [3.05, 3.63) is 47.4 Å². The maximum atomic E-state index is 12.2.